The van der Waals surface area contributed by atoms with Gasteiger partial charge in [-0.15, -0.1) is 11.6 Å². The largest absolute Gasteiger partial charge is 0.254 e. The summed E-state index contributed by atoms with van der Waals surface area (Å²) in [5.41, 5.74) is 1.04. The third-order valence-electron chi connectivity index (χ3n) is 1.67. The Morgan fingerprint density at radius 3 is 2.83 bits per heavy atom. The first-order valence-corrected chi connectivity index (χ1v) is 4.47. The first-order chi connectivity index (χ1) is 5.77. The topological polar surface area (TPSA) is 12.9 Å². The van der Waals surface area contributed by atoms with Crippen LogP contribution in [0.15, 0.2) is 12.1 Å². The average molecular weight is 182 g/mol. The van der Waals surface area contributed by atoms with Crippen molar-refractivity contribution in [3.8, 4) is 0 Å². The zero-order chi connectivity index (χ0) is 8.97. The molecule has 0 radical (unpaired) electrons. The monoisotopic (exact) mass is 181 g/mol. The van der Waals surface area contributed by atoms with Gasteiger partial charge in [0.05, 0.1) is 5.35 Å². The highest BCUT2D eigenvalue weighted by Crippen LogP contribution is 1.81. The van der Waals surface area contributed by atoms with Crippen LogP contribution in [0.4, 0.5) is 0 Å². The van der Waals surface area contributed by atoms with E-state index < -0.39 is 0 Å². The molecule has 0 saturated heterocycles. The van der Waals surface area contributed by atoms with Gasteiger partial charge in [-0.2, -0.15) is 0 Å². The van der Waals surface area contributed by atoms with E-state index in [-0.39, 0.29) is 0 Å². The Kier molecular flexibility index (Phi) is 3.30. The van der Waals surface area contributed by atoms with Crippen LogP contribution >= 0.6 is 11.6 Å². The van der Waals surface area contributed by atoms with Crippen LogP contribution in [0.5, 0.6) is 0 Å². The molecular formula is C10H12ClN. The Balaban J connectivity index is 3.42. The Labute approximate surface area is 77.4 Å². The molecule has 12 heavy (non-hydrogen) atoms. The molecule has 0 unspecified atom stereocenters. The van der Waals surface area contributed by atoms with Crippen LogP contribution < -0.4 is 10.6 Å². The minimum Gasteiger partial charge on any atom is -0.254 e. The fraction of sp³-hybridized carbons (Fsp3) is 0.300. The first kappa shape index (κ1) is 9.27. The smallest absolute Gasteiger partial charge is 0.0659 e. The van der Waals surface area contributed by atoms with Gasteiger partial charge in [-0.1, -0.05) is 18.2 Å². The molecule has 0 spiro atoms. The van der Waals surface area contributed by atoms with Gasteiger partial charge in [0.25, 0.3) is 0 Å². The van der Waals surface area contributed by atoms with E-state index in [0.717, 1.165) is 16.3 Å². The fourth-order valence-electron chi connectivity index (χ4n) is 1.07. The number of hydrogen-bond acceptors (Lipinski definition) is 1. The Bertz CT molecular complexity index is 368. The van der Waals surface area contributed by atoms with Gasteiger partial charge in [0.2, 0.25) is 0 Å². The molecule has 0 bridgehead atoms. The minimum atomic E-state index is 0.533. The quantitative estimate of drug-likeness (QED) is 0.594. The van der Waals surface area contributed by atoms with E-state index in [2.05, 4.69) is 4.98 Å². The number of aromatic nitrogens is 1. The molecule has 1 aromatic heterocycles. The molecule has 1 aromatic rings. The maximum absolute atomic E-state index is 5.61. The van der Waals surface area contributed by atoms with Gasteiger partial charge in [-0.3, -0.25) is 4.98 Å². The van der Waals surface area contributed by atoms with Crippen LogP contribution in [0.25, 0.3) is 12.2 Å². The molecule has 0 saturated carbocycles. The Morgan fingerprint density at radius 2 is 2.25 bits per heavy atom. The number of pyridine rings is 1. The summed E-state index contributed by atoms with van der Waals surface area (Å²) in [5, 5.41) is 2.12. The average Bonchev–Trinajstić information content (AvgIpc) is 2.08. The molecule has 0 N–H and O–H groups in total. The third-order valence-corrected chi connectivity index (χ3v) is 1.82. The molecule has 1 rings (SSSR count). The molecule has 0 aliphatic rings. The molecule has 0 amide bonds. The van der Waals surface area contributed by atoms with Crippen LogP contribution in [0.3, 0.4) is 0 Å². The highest BCUT2D eigenvalue weighted by Gasteiger charge is 1.86. The van der Waals surface area contributed by atoms with Crippen LogP contribution in [-0.2, 0) is 0 Å². The van der Waals surface area contributed by atoms with Gasteiger partial charge in [-0.25, -0.2) is 0 Å². The van der Waals surface area contributed by atoms with Crippen molar-refractivity contribution in [2.24, 2.45) is 0 Å². The third kappa shape index (κ3) is 2.08. The number of nitrogens with zero attached hydrogens (tertiary/aromatic N) is 1. The van der Waals surface area contributed by atoms with E-state index in [4.69, 9.17) is 11.6 Å². The lowest BCUT2D eigenvalue weighted by molar-refractivity contribution is 1.13. The number of halogens is 1. The van der Waals surface area contributed by atoms with Crippen molar-refractivity contribution in [2.75, 3.05) is 5.88 Å². The maximum atomic E-state index is 5.61. The second-order valence-corrected chi connectivity index (χ2v) is 2.88. The van der Waals surface area contributed by atoms with Crippen LogP contribution in [0.2, 0.25) is 0 Å². The van der Waals surface area contributed by atoms with Gasteiger partial charge in [0, 0.05) is 11.6 Å². The summed E-state index contributed by atoms with van der Waals surface area (Å²) in [5.74, 6) is 0.533. The highest BCUT2D eigenvalue weighted by molar-refractivity contribution is 6.20. The molecule has 0 aliphatic carbocycles. The van der Waals surface area contributed by atoms with E-state index in [1.54, 1.807) is 0 Å². The summed E-state index contributed by atoms with van der Waals surface area (Å²) in [6.07, 6.45) is 3.95. The zero-order valence-corrected chi connectivity index (χ0v) is 8.10. The summed E-state index contributed by atoms with van der Waals surface area (Å²) in [7, 11) is 0. The molecule has 0 atom stereocenters. The molecule has 1 heterocycles. The van der Waals surface area contributed by atoms with Gasteiger partial charge in [0.15, 0.2) is 0 Å². The number of rotatable bonds is 1. The van der Waals surface area contributed by atoms with Crippen molar-refractivity contribution < 1.29 is 0 Å². The summed E-state index contributed by atoms with van der Waals surface area (Å²) >= 11 is 5.61. The van der Waals surface area contributed by atoms with Gasteiger partial charge in [0.1, 0.15) is 0 Å². The van der Waals surface area contributed by atoms with E-state index in [9.17, 15) is 0 Å². The van der Waals surface area contributed by atoms with Crippen molar-refractivity contribution in [3.63, 3.8) is 0 Å². The lowest BCUT2D eigenvalue weighted by Gasteiger charge is -1.91. The van der Waals surface area contributed by atoms with E-state index >= 15 is 0 Å². The predicted octanol–water partition coefficient (Wildman–Crippen LogP) is 1.21. The van der Waals surface area contributed by atoms with Crippen LogP contribution in [0.1, 0.15) is 12.6 Å². The molecule has 64 valence electrons. The highest BCUT2D eigenvalue weighted by atomic mass is 35.5. The van der Waals surface area contributed by atoms with E-state index in [1.165, 1.54) is 0 Å². The summed E-state index contributed by atoms with van der Waals surface area (Å²) in [4.78, 5) is 4.36. The molecular weight excluding hydrogens is 170 g/mol. The summed E-state index contributed by atoms with van der Waals surface area (Å²) in [6.45, 7) is 3.96. The second kappa shape index (κ2) is 4.27. The van der Waals surface area contributed by atoms with E-state index in [1.807, 2.05) is 38.1 Å². The molecule has 0 aliphatic heterocycles. The number of aryl methyl sites for hydroxylation is 1. The maximum Gasteiger partial charge on any atom is 0.0659 e. The van der Waals surface area contributed by atoms with Crippen molar-refractivity contribution in [1.82, 2.24) is 4.98 Å². The fourth-order valence-corrected chi connectivity index (χ4v) is 1.24. The standard InChI is InChI=1S/C10H12ClN/c1-3-10-9(6-7-11)5-4-8(2)12-10/h3-6H,7H2,1-2H3/b9-6-,10-3+. The van der Waals surface area contributed by atoms with Crippen LogP contribution in [0, 0.1) is 6.92 Å². The Morgan fingerprint density at radius 1 is 1.50 bits per heavy atom. The van der Waals surface area contributed by atoms with E-state index in [0.29, 0.717) is 5.88 Å². The van der Waals surface area contributed by atoms with Crippen molar-refractivity contribution in [3.05, 3.63) is 28.4 Å². The molecule has 1 nitrogen and oxygen atoms in total. The molecule has 0 fully saturated rings. The number of hydrogen-bond donors (Lipinski definition) is 0. The zero-order valence-electron chi connectivity index (χ0n) is 7.34. The number of alkyl halides is 1. The van der Waals surface area contributed by atoms with Crippen molar-refractivity contribution in [2.45, 2.75) is 13.8 Å². The lowest BCUT2D eigenvalue weighted by Crippen LogP contribution is -2.28. The lowest BCUT2D eigenvalue weighted by atomic mass is 10.3. The molecule has 2 heteroatoms. The summed E-state index contributed by atoms with van der Waals surface area (Å²) < 4.78 is 0. The predicted molar refractivity (Wildman–Crippen MR) is 53.5 cm³/mol. The van der Waals surface area contributed by atoms with Gasteiger partial charge >= 0.3 is 0 Å². The minimum absolute atomic E-state index is 0.533. The van der Waals surface area contributed by atoms with Gasteiger partial charge in [-0.05, 0) is 25.1 Å². The normalized spacial score (nSPS) is 13.9. The Hall–Kier alpha value is -0.820. The van der Waals surface area contributed by atoms with Gasteiger partial charge < -0.3 is 0 Å². The second-order valence-electron chi connectivity index (χ2n) is 2.57. The van der Waals surface area contributed by atoms with Crippen LogP contribution in [-0.4, -0.2) is 10.9 Å². The van der Waals surface area contributed by atoms with Crippen molar-refractivity contribution >= 4 is 23.8 Å². The molecule has 0 aromatic carbocycles. The van der Waals surface area contributed by atoms with Crippen molar-refractivity contribution in [1.29, 1.82) is 0 Å². The SMILES string of the molecule is C/C=c1/nc(C)cc/c1=C/CCl. The summed E-state index contributed by atoms with van der Waals surface area (Å²) in [6, 6.07) is 4.03. The first-order valence-electron chi connectivity index (χ1n) is 3.94.